The predicted octanol–water partition coefficient (Wildman–Crippen LogP) is -0.701. The van der Waals surface area contributed by atoms with Gasteiger partial charge in [0.25, 0.3) is 5.97 Å². The number of aliphatic carboxylic acids is 1. The van der Waals surface area contributed by atoms with E-state index in [0.29, 0.717) is 0 Å². The van der Waals surface area contributed by atoms with E-state index in [-0.39, 0.29) is 5.48 Å². The molecule has 1 aliphatic rings. The third kappa shape index (κ3) is 17.6. The normalized spacial score (nSPS) is 15.4. The molecule has 0 aromatic carbocycles. The lowest BCUT2D eigenvalue weighted by Gasteiger charge is -2.09. The van der Waals surface area contributed by atoms with Crippen LogP contribution in [0, 0.1) is 0 Å². The fourth-order valence-corrected chi connectivity index (χ4v) is 0.440. The van der Waals surface area contributed by atoms with Gasteiger partial charge in [0.15, 0.2) is 0 Å². The standard InChI is InChI=1S/C4H8O2.C2H4O2.H2O/c1-2-6-4-3-5-1;1-2(3)4;/h1-4H2;1H3,(H,3,4);1H2. The minimum Gasteiger partial charge on any atom is -0.481 e. The molecule has 0 aromatic heterocycles. The van der Waals surface area contributed by atoms with Gasteiger partial charge in [0.1, 0.15) is 0 Å². The molecule has 5 nitrogen and oxygen atoms in total. The Labute approximate surface area is 65.2 Å². The summed E-state index contributed by atoms with van der Waals surface area (Å²) < 4.78 is 9.89. The maximum absolute atomic E-state index is 9.00. The van der Waals surface area contributed by atoms with E-state index in [1.165, 1.54) is 0 Å². The Morgan fingerprint density at radius 2 is 1.36 bits per heavy atom. The van der Waals surface area contributed by atoms with Crippen LogP contribution in [0.4, 0.5) is 0 Å². The van der Waals surface area contributed by atoms with Crippen molar-refractivity contribution < 1.29 is 24.9 Å². The fraction of sp³-hybridized carbons (Fsp3) is 0.833. The maximum Gasteiger partial charge on any atom is 0.300 e. The van der Waals surface area contributed by atoms with Crippen LogP contribution in [0.1, 0.15) is 6.92 Å². The molecule has 0 saturated carbocycles. The molecule has 11 heavy (non-hydrogen) atoms. The lowest BCUT2D eigenvalue weighted by Crippen LogP contribution is -2.16. The summed E-state index contributed by atoms with van der Waals surface area (Å²) in [7, 11) is 0. The molecule has 1 aliphatic heterocycles. The van der Waals surface area contributed by atoms with Crippen molar-refractivity contribution in [2.45, 2.75) is 6.92 Å². The van der Waals surface area contributed by atoms with Gasteiger partial charge in [0.2, 0.25) is 0 Å². The topological polar surface area (TPSA) is 87.3 Å². The molecular formula is C6H14O5. The van der Waals surface area contributed by atoms with Crippen molar-refractivity contribution in [3.05, 3.63) is 0 Å². The van der Waals surface area contributed by atoms with Crippen molar-refractivity contribution in [3.8, 4) is 0 Å². The molecule has 1 rings (SSSR count). The molecule has 0 amide bonds. The minimum absolute atomic E-state index is 0. The molecular weight excluding hydrogens is 152 g/mol. The van der Waals surface area contributed by atoms with E-state index in [4.69, 9.17) is 19.4 Å². The maximum atomic E-state index is 9.00. The first kappa shape index (κ1) is 13.0. The number of rotatable bonds is 0. The number of carboxylic acid groups (broad SMARTS) is 1. The Morgan fingerprint density at radius 3 is 1.45 bits per heavy atom. The van der Waals surface area contributed by atoms with Gasteiger partial charge in [-0.3, -0.25) is 4.79 Å². The lowest BCUT2D eigenvalue weighted by atomic mass is 10.6. The Balaban J connectivity index is 0. The molecule has 0 bridgehead atoms. The van der Waals surface area contributed by atoms with Gasteiger partial charge in [-0.1, -0.05) is 0 Å². The Morgan fingerprint density at radius 1 is 1.18 bits per heavy atom. The molecule has 0 spiro atoms. The zero-order valence-electron chi connectivity index (χ0n) is 6.50. The van der Waals surface area contributed by atoms with Crippen molar-refractivity contribution >= 4 is 5.97 Å². The third-order valence-corrected chi connectivity index (χ3v) is 0.744. The first-order valence-electron chi connectivity index (χ1n) is 3.08. The van der Waals surface area contributed by atoms with E-state index in [1.807, 2.05) is 0 Å². The molecule has 0 aromatic rings. The van der Waals surface area contributed by atoms with E-state index >= 15 is 0 Å². The van der Waals surface area contributed by atoms with Crippen molar-refractivity contribution in [1.82, 2.24) is 0 Å². The molecule has 3 N–H and O–H groups in total. The molecule has 68 valence electrons. The van der Waals surface area contributed by atoms with E-state index in [1.54, 1.807) is 0 Å². The van der Waals surface area contributed by atoms with Crippen LogP contribution < -0.4 is 0 Å². The molecule has 1 fully saturated rings. The highest BCUT2D eigenvalue weighted by molar-refractivity contribution is 5.62. The average Bonchev–Trinajstić information content (AvgIpc) is 1.90. The average molecular weight is 166 g/mol. The molecule has 0 unspecified atom stereocenters. The number of carboxylic acids is 1. The fourth-order valence-electron chi connectivity index (χ4n) is 0.440. The van der Waals surface area contributed by atoms with Gasteiger partial charge in [-0.25, -0.2) is 0 Å². The first-order chi connectivity index (χ1) is 4.73. The summed E-state index contributed by atoms with van der Waals surface area (Å²) in [4.78, 5) is 9.00. The van der Waals surface area contributed by atoms with Crippen LogP contribution in [0.25, 0.3) is 0 Å². The number of hydrogen-bond acceptors (Lipinski definition) is 3. The third-order valence-electron chi connectivity index (χ3n) is 0.744. The van der Waals surface area contributed by atoms with E-state index in [2.05, 4.69) is 0 Å². The van der Waals surface area contributed by atoms with Crippen molar-refractivity contribution in [1.29, 1.82) is 0 Å². The van der Waals surface area contributed by atoms with Gasteiger partial charge in [0, 0.05) is 6.92 Å². The van der Waals surface area contributed by atoms with E-state index < -0.39 is 5.97 Å². The van der Waals surface area contributed by atoms with Crippen LogP contribution in [-0.2, 0) is 14.3 Å². The van der Waals surface area contributed by atoms with Gasteiger partial charge in [-0.05, 0) is 0 Å². The highest BCUT2D eigenvalue weighted by Crippen LogP contribution is 1.85. The van der Waals surface area contributed by atoms with Crippen LogP contribution in [0.3, 0.4) is 0 Å². The van der Waals surface area contributed by atoms with Crippen LogP contribution in [0.2, 0.25) is 0 Å². The summed E-state index contributed by atoms with van der Waals surface area (Å²) in [5.41, 5.74) is 0. The Hall–Kier alpha value is -0.650. The van der Waals surface area contributed by atoms with E-state index in [0.717, 1.165) is 33.4 Å². The smallest absolute Gasteiger partial charge is 0.300 e. The second-order valence-corrected chi connectivity index (χ2v) is 1.74. The number of carbonyl (C=O) groups is 1. The Bertz CT molecular complexity index is 73.5. The summed E-state index contributed by atoms with van der Waals surface area (Å²) in [6, 6.07) is 0. The summed E-state index contributed by atoms with van der Waals surface area (Å²) in [6.07, 6.45) is 0. The first-order valence-corrected chi connectivity index (χ1v) is 3.08. The molecule has 0 atom stereocenters. The summed E-state index contributed by atoms with van der Waals surface area (Å²) in [6.45, 7) is 4.19. The highest BCUT2D eigenvalue weighted by atomic mass is 16.6. The zero-order valence-corrected chi connectivity index (χ0v) is 6.50. The Kier molecular flexibility index (Phi) is 11.0. The van der Waals surface area contributed by atoms with Crippen molar-refractivity contribution in [2.75, 3.05) is 26.4 Å². The molecule has 1 heterocycles. The van der Waals surface area contributed by atoms with Gasteiger partial charge in [0.05, 0.1) is 26.4 Å². The highest BCUT2D eigenvalue weighted by Gasteiger charge is 1.94. The van der Waals surface area contributed by atoms with Crippen molar-refractivity contribution in [2.24, 2.45) is 0 Å². The van der Waals surface area contributed by atoms with Crippen LogP contribution >= 0.6 is 0 Å². The summed E-state index contributed by atoms with van der Waals surface area (Å²) >= 11 is 0. The molecule has 0 aliphatic carbocycles. The second kappa shape index (κ2) is 9.35. The lowest BCUT2D eigenvalue weighted by molar-refractivity contribution is -0.134. The quantitative estimate of drug-likeness (QED) is 0.515. The minimum atomic E-state index is -0.833. The van der Waals surface area contributed by atoms with Crippen LogP contribution in [-0.4, -0.2) is 43.0 Å². The van der Waals surface area contributed by atoms with Gasteiger partial charge in [-0.15, -0.1) is 0 Å². The van der Waals surface area contributed by atoms with Crippen LogP contribution in [0.15, 0.2) is 0 Å². The predicted molar refractivity (Wildman–Crippen MR) is 38.6 cm³/mol. The van der Waals surface area contributed by atoms with Crippen molar-refractivity contribution in [3.63, 3.8) is 0 Å². The SMILES string of the molecule is C1COCCO1.CC(=O)O.O. The number of ether oxygens (including phenoxy) is 2. The monoisotopic (exact) mass is 166 g/mol. The van der Waals surface area contributed by atoms with Crippen LogP contribution in [0.5, 0.6) is 0 Å². The molecule has 5 heteroatoms. The molecule has 1 saturated heterocycles. The van der Waals surface area contributed by atoms with E-state index in [9.17, 15) is 0 Å². The van der Waals surface area contributed by atoms with Gasteiger partial charge < -0.3 is 20.1 Å². The van der Waals surface area contributed by atoms with Gasteiger partial charge in [-0.2, -0.15) is 0 Å². The second-order valence-electron chi connectivity index (χ2n) is 1.74. The summed E-state index contributed by atoms with van der Waals surface area (Å²) in [5, 5.41) is 7.42. The largest absolute Gasteiger partial charge is 0.481 e. The zero-order chi connectivity index (χ0) is 7.82. The summed E-state index contributed by atoms with van der Waals surface area (Å²) in [5.74, 6) is -0.833. The number of hydrogen-bond donors (Lipinski definition) is 1. The van der Waals surface area contributed by atoms with Gasteiger partial charge >= 0.3 is 0 Å². The molecule has 0 radical (unpaired) electrons.